The minimum absolute atomic E-state index is 0.190. The fourth-order valence-electron chi connectivity index (χ4n) is 2.31. The summed E-state index contributed by atoms with van der Waals surface area (Å²) in [4.78, 5) is 7.69. The molecule has 0 aliphatic rings. The Hall–Kier alpha value is -1.95. The second kappa shape index (κ2) is 4.62. The lowest BCUT2D eigenvalue weighted by Crippen LogP contribution is -2.14. The van der Waals surface area contributed by atoms with Crippen LogP contribution >= 0.6 is 12.2 Å². The largest absolute Gasteiger partial charge is 0.329 e. The highest BCUT2D eigenvalue weighted by atomic mass is 32.1. The zero-order valence-electron chi connectivity index (χ0n) is 10.9. The van der Waals surface area contributed by atoms with E-state index in [4.69, 9.17) is 12.2 Å². The quantitative estimate of drug-likeness (QED) is 0.747. The van der Waals surface area contributed by atoms with Gasteiger partial charge in [0, 0.05) is 18.6 Å². The Kier molecular flexibility index (Phi) is 2.94. The summed E-state index contributed by atoms with van der Waals surface area (Å²) < 4.78 is 4.66. The lowest BCUT2D eigenvalue weighted by Gasteiger charge is -2.14. The lowest BCUT2D eigenvalue weighted by atomic mass is 10.2. The van der Waals surface area contributed by atoms with Crippen LogP contribution < -0.4 is 0 Å². The number of imidazole rings is 1. The number of aromatic amines is 1. The minimum Gasteiger partial charge on any atom is -0.329 e. The summed E-state index contributed by atoms with van der Waals surface area (Å²) in [7, 11) is 0. The molecule has 6 heteroatoms. The summed E-state index contributed by atoms with van der Waals surface area (Å²) in [6.45, 7) is 4.94. The van der Waals surface area contributed by atoms with E-state index in [1.807, 2.05) is 29.2 Å². The summed E-state index contributed by atoms with van der Waals surface area (Å²) in [5.74, 6) is 0. The van der Waals surface area contributed by atoms with E-state index in [9.17, 15) is 0 Å². The predicted octanol–water partition coefficient (Wildman–Crippen LogP) is 2.86. The summed E-state index contributed by atoms with van der Waals surface area (Å²) in [6.07, 6.45) is 5.55. The average Bonchev–Trinajstić information content (AvgIpc) is 2.96. The van der Waals surface area contributed by atoms with Crippen molar-refractivity contribution in [3.05, 3.63) is 41.1 Å². The van der Waals surface area contributed by atoms with E-state index in [-0.39, 0.29) is 6.04 Å². The van der Waals surface area contributed by atoms with Crippen molar-refractivity contribution in [1.29, 1.82) is 0 Å². The SMILES string of the molecule is Cc1ccnc2c1[nH]c(=S)n2C(C)Cn1cccn1. The Bertz CT molecular complexity index is 753. The van der Waals surface area contributed by atoms with Gasteiger partial charge in [-0.05, 0) is 43.8 Å². The van der Waals surface area contributed by atoms with Gasteiger partial charge in [0.1, 0.15) is 0 Å². The number of hydrogen-bond donors (Lipinski definition) is 1. The Labute approximate surface area is 115 Å². The van der Waals surface area contributed by atoms with Crippen LogP contribution in [0.5, 0.6) is 0 Å². The number of rotatable bonds is 3. The zero-order chi connectivity index (χ0) is 13.4. The second-order valence-corrected chi connectivity index (χ2v) is 5.09. The highest BCUT2D eigenvalue weighted by molar-refractivity contribution is 7.71. The van der Waals surface area contributed by atoms with Gasteiger partial charge in [0.05, 0.1) is 18.1 Å². The Morgan fingerprint density at radius 1 is 1.42 bits per heavy atom. The number of nitrogens with one attached hydrogen (secondary N) is 1. The average molecular weight is 273 g/mol. The topological polar surface area (TPSA) is 51.4 Å². The molecule has 0 fully saturated rings. The van der Waals surface area contributed by atoms with Gasteiger partial charge in [0.25, 0.3) is 0 Å². The van der Waals surface area contributed by atoms with Gasteiger partial charge in [-0.2, -0.15) is 5.10 Å². The van der Waals surface area contributed by atoms with E-state index >= 15 is 0 Å². The molecule has 0 spiro atoms. The molecule has 0 saturated carbocycles. The molecule has 0 amide bonds. The summed E-state index contributed by atoms with van der Waals surface area (Å²) in [6, 6.07) is 4.09. The van der Waals surface area contributed by atoms with Gasteiger partial charge in [-0.3, -0.25) is 9.25 Å². The maximum Gasteiger partial charge on any atom is 0.179 e. The monoisotopic (exact) mass is 273 g/mol. The first-order chi connectivity index (χ1) is 9.16. The maximum atomic E-state index is 5.42. The molecular weight excluding hydrogens is 258 g/mol. The standard InChI is InChI=1S/C13H15N5S/c1-9-4-6-14-12-11(9)16-13(19)18(12)10(2)8-17-7-3-5-15-17/h3-7,10H,8H2,1-2H3,(H,16,19). The number of nitrogens with zero attached hydrogens (tertiary/aromatic N) is 4. The first-order valence-electron chi connectivity index (χ1n) is 6.20. The molecule has 19 heavy (non-hydrogen) atoms. The van der Waals surface area contributed by atoms with E-state index in [0.29, 0.717) is 4.77 Å². The molecule has 98 valence electrons. The van der Waals surface area contributed by atoms with Gasteiger partial charge in [-0.25, -0.2) is 4.98 Å². The minimum atomic E-state index is 0.190. The molecule has 0 saturated heterocycles. The second-order valence-electron chi connectivity index (χ2n) is 4.70. The number of fused-ring (bicyclic) bond motifs is 1. The fraction of sp³-hybridized carbons (Fsp3) is 0.308. The van der Waals surface area contributed by atoms with E-state index in [1.165, 1.54) is 0 Å². The summed E-state index contributed by atoms with van der Waals surface area (Å²) in [5, 5.41) is 4.23. The van der Waals surface area contributed by atoms with Crippen molar-refractivity contribution in [1.82, 2.24) is 24.3 Å². The first-order valence-corrected chi connectivity index (χ1v) is 6.61. The zero-order valence-corrected chi connectivity index (χ0v) is 11.7. The van der Waals surface area contributed by atoms with Crippen molar-refractivity contribution in [3.63, 3.8) is 0 Å². The Morgan fingerprint density at radius 3 is 3.00 bits per heavy atom. The fourth-order valence-corrected chi connectivity index (χ4v) is 2.68. The third-order valence-electron chi connectivity index (χ3n) is 3.27. The van der Waals surface area contributed by atoms with Gasteiger partial charge in [-0.15, -0.1) is 0 Å². The Balaban J connectivity index is 2.07. The number of aryl methyl sites for hydroxylation is 1. The van der Waals surface area contributed by atoms with Gasteiger partial charge >= 0.3 is 0 Å². The van der Waals surface area contributed by atoms with Crippen molar-refractivity contribution in [2.75, 3.05) is 0 Å². The van der Waals surface area contributed by atoms with Gasteiger partial charge in [0.15, 0.2) is 10.4 Å². The molecule has 1 atom stereocenters. The molecular formula is C13H15N5S. The summed E-state index contributed by atoms with van der Waals surface area (Å²) in [5.41, 5.74) is 3.07. The van der Waals surface area contributed by atoms with Crippen LogP contribution in [0.1, 0.15) is 18.5 Å². The molecule has 0 aliphatic heterocycles. The molecule has 1 unspecified atom stereocenters. The van der Waals surface area contributed by atoms with Crippen LogP contribution in [-0.4, -0.2) is 24.3 Å². The number of pyridine rings is 1. The van der Waals surface area contributed by atoms with E-state index in [2.05, 4.69) is 33.5 Å². The molecule has 0 aliphatic carbocycles. The molecule has 3 aromatic heterocycles. The van der Waals surface area contributed by atoms with Crippen molar-refractivity contribution in [2.45, 2.75) is 26.4 Å². The van der Waals surface area contributed by atoms with Crippen molar-refractivity contribution >= 4 is 23.4 Å². The summed E-state index contributed by atoms with van der Waals surface area (Å²) >= 11 is 5.42. The Morgan fingerprint density at radius 2 is 2.26 bits per heavy atom. The highest BCUT2D eigenvalue weighted by Crippen LogP contribution is 2.20. The lowest BCUT2D eigenvalue weighted by molar-refractivity contribution is 0.440. The highest BCUT2D eigenvalue weighted by Gasteiger charge is 2.13. The maximum absolute atomic E-state index is 5.42. The van der Waals surface area contributed by atoms with Crippen LogP contribution in [-0.2, 0) is 6.54 Å². The third kappa shape index (κ3) is 2.08. The molecule has 3 rings (SSSR count). The molecule has 0 bridgehead atoms. The van der Waals surface area contributed by atoms with E-state index < -0.39 is 0 Å². The van der Waals surface area contributed by atoms with Crippen LogP contribution in [0.4, 0.5) is 0 Å². The van der Waals surface area contributed by atoms with Gasteiger partial charge in [-0.1, -0.05) is 0 Å². The first kappa shape index (κ1) is 12.1. The van der Waals surface area contributed by atoms with Crippen LogP contribution in [0.2, 0.25) is 0 Å². The third-order valence-corrected chi connectivity index (χ3v) is 3.57. The number of hydrogen-bond acceptors (Lipinski definition) is 3. The number of aromatic nitrogens is 5. The molecule has 3 aromatic rings. The molecule has 1 N–H and O–H groups in total. The van der Waals surface area contributed by atoms with Crippen molar-refractivity contribution in [2.24, 2.45) is 0 Å². The molecule has 3 heterocycles. The molecule has 0 radical (unpaired) electrons. The molecule has 0 aromatic carbocycles. The van der Waals surface area contributed by atoms with Crippen LogP contribution in [0, 0.1) is 11.7 Å². The van der Waals surface area contributed by atoms with Gasteiger partial charge < -0.3 is 4.98 Å². The van der Waals surface area contributed by atoms with Crippen molar-refractivity contribution < 1.29 is 0 Å². The smallest absolute Gasteiger partial charge is 0.179 e. The normalized spacial score (nSPS) is 12.9. The van der Waals surface area contributed by atoms with E-state index in [0.717, 1.165) is 23.3 Å². The predicted molar refractivity (Wildman–Crippen MR) is 76.6 cm³/mol. The van der Waals surface area contributed by atoms with Crippen LogP contribution in [0.25, 0.3) is 11.2 Å². The van der Waals surface area contributed by atoms with E-state index in [1.54, 1.807) is 6.20 Å². The van der Waals surface area contributed by atoms with Crippen LogP contribution in [0.15, 0.2) is 30.7 Å². The van der Waals surface area contributed by atoms with Crippen molar-refractivity contribution in [3.8, 4) is 0 Å². The molecule has 5 nitrogen and oxygen atoms in total. The van der Waals surface area contributed by atoms with Gasteiger partial charge in [0.2, 0.25) is 0 Å². The van der Waals surface area contributed by atoms with Crippen LogP contribution in [0.3, 0.4) is 0 Å². The number of H-pyrrole nitrogens is 1.